The van der Waals surface area contributed by atoms with E-state index in [1.165, 1.54) is 25.7 Å². The number of aromatic nitrogens is 2. The van der Waals surface area contributed by atoms with Crippen molar-refractivity contribution in [2.45, 2.75) is 25.7 Å². The van der Waals surface area contributed by atoms with Gasteiger partial charge in [-0.25, -0.2) is 9.97 Å². The molecule has 2 aromatic rings. The molecular weight excluding hydrogens is 334 g/mol. The van der Waals surface area contributed by atoms with Crippen molar-refractivity contribution in [2.24, 2.45) is 17.8 Å². The predicted molar refractivity (Wildman–Crippen MR) is 100 cm³/mol. The van der Waals surface area contributed by atoms with Crippen LogP contribution < -0.4 is 9.64 Å². The zero-order valence-corrected chi connectivity index (χ0v) is 15.1. The summed E-state index contributed by atoms with van der Waals surface area (Å²) in [6.07, 6.45) is 8.40. The third-order valence-electron chi connectivity index (χ3n) is 5.51. The van der Waals surface area contributed by atoms with Crippen molar-refractivity contribution in [2.75, 3.05) is 24.6 Å². The summed E-state index contributed by atoms with van der Waals surface area (Å²) in [7, 11) is 0. The maximum absolute atomic E-state index is 5.87. The number of rotatable bonds is 6. The summed E-state index contributed by atoms with van der Waals surface area (Å²) in [6.45, 7) is 2.94. The van der Waals surface area contributed by atoms with Crippen molar-refractivity contribution in [1.29, 1.82) is 0 Å². The quantitative estimate of drug-likeness (QED) is 0.765. The molecule has 0 amide bonds. The second-order valence-corrected chi connectivity index (χ2v) is 7.57. The Morgan fingerprint density at radius 2 is 1.80 bits per heavy atom. The zero-order chi connectivity index (χ0) is 17.1. The maximum Gasteiger partial charge on any atom is 0.225 e. The van der Waals surface area contributed by atoms with Crippen LogP contribution in [0.5, 0.6) is 5.75 Å². The van der Waals surface area contributed by atoms with E-state index in [4.69, 9.17) is 16.3 Å². The second kappa shape index (κ2) is 7.61. The first-order chi connectivity index (χ1) is 12.3. The molecule has 2 aliphatic rings. The monoisotopic (exact) mass is 357 g/mol. The van der Waals surface area contributed by atoms with Crippen molar-refractivity contribution in [3.05, 3.63) is 47.7 Å². The van der Waals surface area contributed by atoms with E-state index in [1.807, 2.05) is 30.3 Å². The third-order valence-corrected chi connectivity index (χ3v) is 5.71. The molecule has 1 saturated heterocycles. The molecule has 1 saturated carbocycles. The second-order valence-electron chi connectivity index (χ2n) is 7.14. The summed E-state index contributed by atoms with van der Waals surface area (Å²) in [5.41, 5.74) is 0. The summed E-state index contributed by atoms with van der Waals surface area (Å²) >= 11 is 5.87. The molecule has 2 fully saturated rings. The number of hydrogen-bond donors (Lipinski definition) is 0. The van der Waals surface area contributed by atoms with E-state index in [-0.39, 0.29) is 0 Å². The SMILES string of the molecule is Clc1cnc(N2CCC(C3CC3CCOc3ccccc3)CC2)nc1. The molecule has 5 heteroatoms. The number of nitrogens with zero attached hydrogens (tertiary/aromatic N) is 3. The number of ether oxygens (including phenoxy) is 1. The average molecular weight is 358 g/mol. The Hall–Kier alpha value is -1.81. The molecule has 2 atom stereocenters. The number of para-hydroxylation sites is 1. The van der Waals surface area contributed by atoms with Gasteiger partial charge in [-0.2, -0.15) is 0 Å². The first kappa shape index (κ1) is 16.6. The number of anilines is 1. The molecular formula is C20H24ClN3O. The van der Waals surface area contributed by atoms with Crippen LogP contribution in [-0.4, -0.2) is 29.7 Å². The molecule has 1 aromatic heterocycles. The van der Waals surface area contributed by atoms with Gasteiger partial charge in [0.25, 0.3) is 0 Å². The van der Waals surface area contributed by atoms with Gasteiger partial charge in [0, 0.05) is 13.1 Å². The molecule has 1 aliphatic heterocycles. The topological polar surface area (TPSA) is 38.2 Å². The minimum atomic E-state index is 0.595. The fourth-order valence-corrected chi connectivity index (χ4v) is 4.12. The summed E-state index contributed by atoms with van der Waals surface area (Å²) < 4.78 is 5.84. The highest BCUT2D eigenvalue weighted by molar-refractivity contribution is 6.30. The van der Waals surface area contributed by atoms with Gasteiger partial charge in [-0.15, -0.1) is 0 Å². The van der Waals surface area contributed by atoms with Crippen molar-refractivity contribution in [3.63, 3.8) is 0 Å². The van der Waals surface area contributed by atoms with Gasteiger partial charge in [0.15, 0.2) is 0 Å². The van der Waals surface area contributed by atoms with Gasteiger partial charge in [-0.05, 0) is 55.6 Å². The van der Waals surface area contributed by atoms with Crippen molar-refractivity contribution in [1.82, 2.24) is 9.97 Å². The third kappa shape index (κ3) is 4.24. The normalized spacial score (nSPS) is 23.5. The molecule has 2 unspecified atom stereocenters. The van der Waals surface area contributed by atoms with E-state index < -0.39 is 0 Å². The Balaban J connectivity index is 1.18. The molecule has 25 heavy (non-hydrogen) atoms. The molecule has 0 spiro atoms. The van der Waals surface area contributed by atoms with Crippen LogP contribution >= 0.6 is 11.6 Å². The van der Waals surface area contributed by atoms with Gasteiger partial charge < -0.3 is 9.64 Å². The van der Waals surface area contributed by atoms with Gasteiger partial charge in [-0.1, -0.05) is 29.8 Å². The first-order valence-electron chi connectivity index (χ1n) is 9.20. The Labute approximate surface area is 154 Å². The highest BCUT2D eigenvalue weighted by atomic mass is 35.5. The van der Waals surface area contributed by atoms with Gasteiger partial charge in [0.1, 0.15) is 5.75 Å². The Kier molecular flexibility index (Phi) is 5.07. The Morgan fingerprint density at radius 3 is 2.52 bits per heavy atom. The first-order valence-corrected chi connectivity index (χ1v) is 9.58. The lowest BCUT2D eigenvalue weighted by Gasteiger charge is -2.32. The van der Waals surface area contributed by atoms with Crippen LogP contribution in [0.1, 0.15) is 25.7 Å². The molecule has 132 valence electrons. The predicted octanol–water partition coefficient (Wildman–Crippen LogP) is 4.45. The molecule has 1 aromatic carbocycles. The van der Waals surface area contributed by atoms with Crippen LogP contribution in [0.15, 0.2) is 42.7 Å². The highest BCUT2D eigenvalue weighted by Crippen LogP contribution is 2.49. The lowest BCUT2D eigenvalue weighted by atomic mass is 9.90. The summed E-state index contributed by atoms with van der Waals surface area (Å²) in [5, 5.41) is 0.595. The molecule has 2 heterocycles. The van der Waals surface area contributed by atoms with Crippen LogP contribution in [0, 0.1) is 17.8 Å². The number of hydrogen-bond acceptors (Lipinski definition) is 4. The van der Waals surface area contributed by atoms with E-state index in [9.17, 15) is 0 Å². The van der Waals surface area contributed by atoms with Crippen molar-refractivity contribution < 1.29 is 4.74 Å². The zero-order valence-electron chi connectivity index (χ0n) is 14.4. The highest BCUT2D eigenvalue weighted by Gasteiger charge is 2.43. The lowest BCUT2D eigenvalue weighted by molar-refractivity contribution is 0.284. The van der Waals surface area contributed by atoms with E-state index in [2.05, 4.69) is 14.9 Å². The molecule has 4 rings (SSSR count). The number of halogens is 1. The summed E-state index contributed by atoms with van der Waals surface area (Å²) in [5.74, 6) is 4.40. The lowest BCUT2D eigenvalue weighted by Crippen LogP contribution is -2.35. The maximum atomic E-state index is 5.87. The van der Waals surface area contributed by atoms with Crippen LogP contribution in [0.25, 0.3) is 0 Å². The van der Waals surface area contributed by atoms with Crippen LogP contribution in [0.3, 0.4) is 0 Å². The van der Waals surface area contributed by atoms with E-state index >= 15 is 0 Å². The Bertz CT molecular complexity index is 671. The fraction of sp³-hybridized carbons (Fsp3) is 0.500. The molecule has 0 bridgehead atoms. The summed E-state index contributed by atoms with van der Waals surface area (Å²) in [4.78, 5) is 11.0. The number of benzene rings is 1. The van der Waals surface area contributed by atoms with Crippen LogP contribution in [0.4, 0.5) is 5.95 Å². The minimum absolute atomic E-state index is 0.595. The van der Waals surface area contributed by atoms with Gasteiger partial charge in [0.05, 0.1) is 24.0 Å². The molecule has 1 aliphatic carbocycles. The van der Waals surface area contributed by atoms with E-state index in [1.54, 1.807) is 12.4 Å². The number of piperidine rings is 1. The molecule has 0 radical (unpaired) electrons. The van der Waals surface area contributed by atoms with Gasteiger partial charge in [0.2, 0.25) is 5.95 Å². The standard InChI is InChI=1S/C20H24ClN3O/c21-17-13-22-20(23-14-17)24-9-6-15(7-10-24)19-12-16(19)8-11-25-18-4-2-1-3-5-18/h1-5,13-16,19H,6-12H2. The Morgan fingerprint density at radius 1 is 1.08 bits per heavy atom. The van der Waals surface area contributed by atoms with E-state index in [0.29, 0.717) is 5.02 Å². The smallest absolute Gasteiger partial charge is 0.225 e. The van der Waals surface area contributed by atoms with Crippen LogP contribution in [-0.2, 0) is 0 Å². The van der Waals surface area contributed by atoms with Crippen LogP contribution in [0.2, 0.25) is 5.02 Å². The van der Waals surface area contributed by atoms with Gasteiger partial charge >= 0.3 is 0 Å². The van der Waals surface area contributed by atoms with Gasteiger partial charge in [-0.3, -0.25) is 0 Å². The molecule has 4 nitrogen and oxygen atoms in total. The van der Waals surface area contributed by atoms with Crippen molar-refractivity contribution >= 4 is 17.5 Å². The largest absolute Gasteiger partial charge is 0.494 e. The minimum Gasteiger partial charge on any atom is -0.494 e. The van der Waals surface area contributed by atoms with E-state index in [0.717, 1.165) is 49.1 Å². The summed E-state index contributed by atoms with van der Waals surface area (Å²) in [6, 6.07) is 10.1. The fourth-order valence-electron chi connectivity index (χ4n) is 4.02. The average Bonchev–Trinajstić information content (AvgIpc) is 3.43. The van der Waals surface area contributed by atoms with Crippen molar-refractivity contribution in [3.8, 4) is 5.75 Å². The molecule has 0 N–H and O–H groups in total.